The van der Waals surface area contributed by atoms with Crippen molar-refractivity contribution in [1.82, 2.24) is 4.90 Å². The Bertz CT molecular complexity index is 1060. The number of hydrogen-bond acceptors (Lipinski definition) is 4. The third-order valence-electron chi connectivity index (χ3n) is 4.94. The van der Waals surface area contributed by atoms with Gasteiger partial charge in [0.2, 0.25) is 11.8 Å². The van der Waals surface area contributed by atoms with E-state index in [1.165, 1.54) is 18.2 Å². The molecule has 1 aliphatic heterocycles. The van der Waals surface area contributed by atoms with E-state index in [-0.39, 0.29) is 22.6 Å². The highest BCUT2D eigenvalue weighted by Crippen LogP contribution is 2.24. The minimum absolute atomic E-state index is 0.0828. The number of rotatable bonds is 6. The summed E-state index contributed by atoms with van der Waals surface area (Å²) < 4.78 is 27.5. The third-order valence-corrected chi connectivity index (χ3v) is 6.65. The van der Waals surface area contributed by atoms with Gasteiger partial charge in [-0.1, -0.05) is 35.9 Å². The van der Waals surface area contributed by atoms with E-state index in [4.69, 9.17) is 17.3 Å². The summed E-state index contributed by atoms with van der Waals surface area (Å²) >= 11 is 6.01. The molecule has 3 rings (SSSR count). The van der Waals surface area contributed by atoms with Gasteiger partial charge in [-0.15, -0.1) is 0 Å². The zero-order valence-electron chi connectivity index (χ0n) is 16.1. The molecule has 158 valence electrons. The number of piperidine rings is 1. The minimum atomic E-state index is -3.78. The predicted molar refractivity (Wildman–Crippen MR) is 116 cm³/mol. The molecule has 1 aliphatic rings. The highest BCUT2D eigenvalue weighted by molar-refractivity contribution is 7.92. The summed E-state index contributed by atoms with van der Waals surface area (Å²) in [5, 5.41) is 0.305. The first-order valence-corrected chi connectivity index (χ1v) is 11.3. The first-order valence-electron chi connectivity index (χ1n) is 9.40. The smallest absolute Gasteiger partial charge is 0.261 e. The van der Waals surface area contributed by atoms with Crippen LogP contribution in [-0.4, -0.2) is 38.2 Å². The number of sulfonamides is 1. The summed E-state index contributed by atoms with van der Waals surface area (Å²) in [6, 6.07) is 12.7. The number of nitrogens with zero attached hydrogens (tertiary/aromatic N) is 1. The molecule has 1 fully saturated rings. The van der Waals surface area contributed by atoms with E-state index < -0.39 is 10.0 Å². The molecule has 9 heteroatoms. The number of benzene rings is 2. The molecule has 2 amide bonds. The zero-order valence-corrected chi connectivity index (χ0v) is 17.7. The van der Waals surface area contributed by atoms with Gasteiger partial charge in [0, 0.05) is 25.1 Å². The lowest BCUT2D eigenvalue weighted by Crippen LogP contribution is -2.41. The van der Waals surface area contributed by atoms with E-state index in [1.54, 1.807) is 47.4 Å². The first kappa shape index (κ1) is 21.9. The van der Waals surface area contributed by atoms with Gasteiger partial charge in [0.1, 0.15) is 0 Å². The van der Waals surface area contributed by atoms with Crippen LogP contribution in [0.15, 0.2) is 59.5 Å². The number of anilines is 1. The van der Waals surface area contributed by atoms with Crippen LogP contribution in [0.1, 0.15) is 18.4 Å². The van der Waals surface area contributed by atoms with Gasteiger partial charge in [-0.3, -0.25) is 14.3 Å². The molecule has 0 saturated carbocycles. The quantitative estimate of drug-likeness (QED) is 0.663. The molecule has 30 heavy (non-hydrogen) atoms. The fraction of sp³-hybridized carbons (Fsp3) is 0.238. The Morgan fingerprint density at radius 1 is 1.07 bits per heavy atom. The fourth-order valence-corrected chi connectivity index (χ4v) is 4.48. The van der Waals surface area contributed by atoms with Crippen LogP contribution in [0.4, 0.5) is 5.69 Å². The van der Waals surface area contributed by atoms with Gasteiger partial charge < -0.3 is 10.6 Å². The van der Waals surface area contributed by atoms with Crippen molar-refractivity contribution >= 4 is 45.2 Å². The number of para-hydroxylation sites is 1. The second-order valence-electron chi connectivity index (χ2n) is 6.99. The number of nitrogens with two attached hydrogens (primary N) is 1. The minimum Gasteiger partial charge on any atom is -0.369 e. The number of amides is 2. The summed E-state index contributed by atoms with van der Waals surface area (Å²) in [6.45, 7) is 0.976. The van der Waals surface area contributed by atoms with Crippen LogP contribution in [0.2, 0.25) is 5.02 Å². The van der Waals surface area contributed by atoms with Crippen molar-refractivity contribution in [3.05, 3.63) is 65.2 Å². The van der Waals surface area contributed by atoms with Crippen molar-refractivity contribution in [3.63, 3.8) is 0 Å². The van der Waals surface area contributed by atoms with Crippen LogP contribution in [-0.2, 0) is 19.6 Å². The highest BCUT2D eigenvalue weighted by atomic mass is 35.5. The summed E-state index contributed by atoms with van der Waals surface area (Å²) in [6.07, 6.45) is 4.20. The number of primary amides is 1. The average molecular weight is 448 g/mol. The molecule has 0 atom stereocenters. The maximum absolute atomic E-state index is 12.5. The summed E-state index contributed by atoms with van der Waals surface area (Å²) in [4.78, 5) is 25.3. The average Bonchev–Trinajstić information content (AvgIpc) is 2.74. The van der Waals surface area contributed by atoms with Crippen LogP contribution in [0.5, 0.6) is 0 Å². The SMILES string of the molecule is NC(=O)C1CCN(C(=O)C=Cc2ccc(S(=O)(=O)Nc3ccccc3Cl)cc2)CC1. The number of carbonyl (C=O) groups is 2. The summed E-state index contributed by atoms with van der Waals surface area (Å²) in [5.41, 5.74) is 6.29. The molecule has 0 radical (unpaired) electrons. The number of nitrogens with one attached hydrogen (secondary N) is 1. The van der Waals surface area contributed by atoms with Crippen molar-refractivity contribution in [3.8, 4) is 0 Å². The lowest BCUT2D eigenvalue weighted by atomic mass is 9.96. The molecule has 1 saturated heterocycles. The van der Waals surface area contributed by atoms with Crippen molar-refractivity contribution < 1.29 is 18.0 Å². The number of carbonyl (C=O) groups excluding carboxylic acids is 2. The fourth-order valence-electron chi connectivity index (χ4n) is 3.16. The number of halogens is 1. The van der Waals surface area contributed by atoms with Crippen molar-refractivity contribution in [1.29, 1.82) is 0 Å². The molecule has 0 aliphatic carbocycles. The van der Waals surface area contributed by atoms with E-state index in [0.717, 1.165) is 0 Å². The molecule has 0 aromatic heterocycles. The van der Waals surface area contributed by atoms with Gasteiger partial charge in [-0.2, -0.15) is 0 Å². The third kappa shape index (κ3) is 5.40. The van der Waals surface area contributed by atoms with E-state index in [2.05, 4.69) is 4.72 Å². The number of hydrogen-bond donors (Lipinski definition) is 2. The Hall–Kier alpha value is -2.84. The number of likely N-dealkylation sites (tertiary alicyclic amines) is 1. The Morgan fingerprint density at radius 2 is 1.70 bits per heavy atom. The van der Waals surface area contributed by atoms with E-state index >= 15 is 0 Å². The topological polar surface area (TPSA) is 110 Å². The van der Waals surface area contributed by atoms with Crippen molar-refractivity contribution in [2.75, 3.05) is 17.8 Å². The molecule has 2 aromatic carbocycles. The molecule has 3 N–H and O–H groups in total. The standard InChI is InChI=1S/C21H22ClN3O4S/c22-18-3-1-2-4-19(18)24-30(28,29)17-8-5-15(6-9-17)7-10-20(26)25-13-11-16(12-14-25)21(23)27/h1-10,16,24H,11-14H2,(H2,23,27). The van der Waals surface area contributed by atoms with Crippen LogP contribution in [0, 0.1) is 5.92 Å². The Morgan fingerprint density at radius 3 is 2.30 bits per heavy atom. The summed E-state index contributed by atoms with van der Waals surface area (Å²) in [7, 11) is -3.78. The maximum atomic E-state index is 12.5. The van der Waals surface area contributed by atoms with Gasteiger partial charge in [0.25, 0.3) is 10.0 Å². The maximum Gasteiger partial charge on any atom is 0.261 e. The Balaban J connectivity index is 1.62. The Kier molecular flexibility index (Phi) is 6.79. The van der Waals surface area contributed by atoms with Crippen LogP contribution in [0.3, 0.4) is 0 Å². The van der Waals surface area contributed by atoms with Crippen LogP contribution < -0.4 is 10.5 Å². The molecule has 1 heterocycles. The van der Waals surface area contributed by atoms with Gasteiger partial charge in [-0.05, 0) is 48.7 Å². The first-order chi connectivity index (χ1) is 14.3. The van der Waals surface area contributed by atoms with Crippen molar-refractivity contribution in [2.45, 2.75) is 17.7 Å². The monoisotopic (exact) mass is 447 g/mol. The molecule has 0 spiro atoms. The van der Waals surface area contributed by atoms with Crippen LogP contribution >= 0.6 is 11.6 Å². The molecule has 0 unspecified atom stereocenters. The second kappa shape index (κ2) is 9.32. The molecule has 2 aromatic rings. The molecule has 0 bridgehead atoms. The lowest BCUT2D eigenvalue weighted by Gasteiger charge is -2.29. The van der Waals surface area contributed by atoms with Gasteiger partial charge in [0.05, 0.1) is 15.6 Å². The van der Waals surface area contributed by atoms with Gasteiger partial charge in [-0.25, -0.2) is 8.42 Å². The predicted octanol–water partition coefficient (Wildman–Crippen LogP) is 2.88. The van der Waals surface area contributed by atoms with E-state index in [0.29, 0.717) is 42.2 Å². The normalized spacial score (nSPS) is 15.3. The van der Waals surface area contributed by atoms with E-state index in [9.17, 15) is 18.0 Å². The molecule has 7 nitrogen and oxygen atoms in total. The second-order valence-corrected chi connectivity index (χ2v) is 9.08. The lowest BCUT2D eigenvalue weighted by molar-refractivity contribution is -0.130. The largest absolute Gasteiger partial charge is 0.369 e. The molecular formula is C21H22ClN3O4S. The summed E-state index contributed by atoms with van der Waals surface area (Å²) in [5.74, 6) is -0.654. The van der Waals surface area contributed by atoms with E-state index in [1.807, 2.05) is 0 Å². The molecular weight excluding hydrogens is 426 g/mol. The van der Waals surface area contributed by atoms with Gasteiger partial charge >= 0.3 is 0 Å². The Labute approximate surface area is 180 Å². The van der Waals surface area contributed by atoms with Crippen molar-refractivity contribution in [2.24, 2.45) is 11.7 Å². The highest BCUT2D eigenvalue weighted by Gasteiger charge is 2.24. The van der Waals surface area contributed by atoms with Gasteiger partial charge in [0.15, 0.2) is 0 Å². The van der Waals surface area contributed by atoms with Crippen LogP contribution in [0.25, 0.3) is 6.08 Å². The zero-order chi connectivity index (χ0) is 21.7.